The van der Waals surface area contributed by atoms with E-state index < -0.39 is 0 Å². The summed E-state index contributed by atoms with van der Waals surface area (Å²) < 4.78 is 10.7. The molecular weight excluding hydrogens is 216 g/mol. The van der Waals surface area contributed by atoms with E-state index in [1.807, 2.05) is 6.20 Å². The summed E-state index contributed by atoms with van der Waals surface area (Å²) >= 11 is 0. The van der Waals surface area contributed by atoms with Gasteiger partial charge in [0.15, 0.2) is 5.89 Å². The number of nitrogens with one attached hydrogen (secondary N) is 1. The summed E-state index contributed by atoms with van der Waals surface area (Å²) in [5.41, 5.74) is 0.0436. The SMILES string of the molecule is COCCNCCCc1ncc(C(C)(C)C)o1. The van der Waals surface area contributed by atoms with Gasteiger partial charge in [-0.1, -0.05) is 20.8 Å². The normalized spacial score (nSPS) is 12.0. The van der Waals surface area contributed by atoms with Crippen molar-refractivity contribution >= 4 is 0 Å². The summed E-state index contributed by atoms with van der Waals surface area (Å²) in [6, 6.07) is 0. The van der Waals surface area contributed by atoms with Gasteiger partial charge in [0.25, 0.3) is 0 Å². The van der Waals surface area contributed by atoms with E-state index in [4.69, 9.17) is 9.15 Å². The fraction of sp³-hybridized carbons (Fsp3) is 0.769. The molecule has 1 rings (SSSR count). The largest absolute Gasteiger partial charge is 0.445 e. The Morgan fingerprint density at radius 3 is 2.71 bits per heavy atom. The fourth-order valence-corrected chi connectivity index (χ4v) is 1.44. The minimum Gasteiger partial charge on any atom is -0.445 e. The maximum absolute atomic E-state index is 5.71. The molecule has 4 nitrogen and oxygen atoms in total. The van der Waals surface area contributed by atoms with E-state index in [1.54, 1.807) is 7.11 Å². The van der Waals surface area contributed by atoms with Crippen LogP contribution < -0.4 is 5.32 Å². The highest BCUT2D eigenvalue weighted by atomic mass is 16.5. The zero-order chi connectivity index (χ0) is 12.7. The fourth-order valence-electron chi connectivity index (χ4n) is 1.44. The second-order valence-electron chi connectivity index (χ2n) is 5.21. The van der Waals surface area contributed by atoms with Crippen LogP contribution in [0.2, 0.25) is 0 Å². The van der Waals surface area contributed by atoms with Gasteiger partial charge < -0.3 is 14.5 Å². The molecule has 4 heteroatoms. The predicted octanol–water partition coefficient (Wildman–Crippen LogP) is 2.14. The quantitative estimate of drug-likeness (QED) is 0.742. The minimum absolute atomic E-state index is 0.0436. The highest BCUT2D eigenvalue weighted by Gasteiger charge is 2.18. The number of oxazole rings is 1. The Bertz CT molecular complexity index is 315. The van der Waals surface area contributed by atoms with E-state index in [1.165, 1.54) is 0 Å². The Morgan fingerprint density at radius 1 is 1.35 bits per heavy atom. The second-order valence-corrected chi connectivity index (χ2v) is 5.21. The highest BCUT2D eigenvalue weighted by Crippen LogP contribution is 2.22. The van der Waals surface area contributed by atoms with Gasteiger partial charge in [0.2, 0.25) is 0 Å². The molecule has 0 atom stereocenters. The van der Waals surface area contributed by atoms with E-state index in [-0.39, 0.29) is 5.41 Å². The third kappa shape index (κ3) is 5.33. The second kappa shape index (κ2) is 6.77. The zero-order valence-electron chi connectivity index (χ0n) is 11.4. The van der Waals surface area contributed by atoms with Crippen LogP contribution in [0.3, 0.4) is 0 Å². The monoisotopic (exact) mass is 240 g/mol. The molecule has 0 spiro atoms. The maximum atomic E-state index is 5.71. The van der Waals surface area contributed by atoms with Crippen molar-refractivity contribution in [2.45, 2.75) is 39.0 Å². The third-order valence-electron chi connectivity index (χ3n) is 2.52. The first kappa shape index (κ1) is 14.2. The lowest BCUT2D eigenvalue weighted by Gasteiger charge is -2.13. The van der Waals surface area contributed by atoms with Gasteiger partial charge in [-0.05, 0) is 13.0 Å². The molecule has 0 bridgehead atoms. The molecular formula is C13H24N2O2. The van der Waals surface area contributed by atoms with Gasteiger partial charge >= 0.3 is 0 Å². The van der Waals surface area contributed by atoms with E-state index >= 15 is 0 Å². The number of rotatable bonds is 7. The summed E-state index contributed by atoms with van der Waals surface area (Å²) in [4.78, 5) is 4.30. The van der Waals surface area contributed by atoms with Crippen LogP contribution in [0.15, 0.2) is 10.6 Å². The Labute approximate surface area is 104 Å². The lowest BCUT2D eigenvalue weighted by Crippen LogP contribution is -2.20. The predicted molar refractivity (Wildman–Crippen MR) is 68.3 cm³/mol. The molecule has 0 amide bonds. The van der Waals surface area contributed by atoms with Crippen LogP contribution in [0.25, 0.3) is 0 Å². The molecule has 0 aliphatic carbocycles. The molecule has 98 valence electrons. The van der Waals surface area contributed by atoms with Crippen LogP contribution >= 0.6 is 0 Å². The molecule has 0 saturated heterocycles. The average molecular weight is 240 g/mol. The van der Waals surface area contributed by atoms with Gasteiger partial charge in [-0.15, -0.1) is 0 Å². The van der Waals surface area contributed by atoms with Gasteiger partial charge in [0.1, 0.15) is 5.76 Å². The molecule has 1 aromatic heterocycles. The standard InChI is InChI=1S/C13H24N2O2/c1-13(2,3)11-10-15-12(17-11)6-5-7-14-8-9-16-4/h10,14H,5-9H2,1-4H3. The molecule has 0 unspecified atom stereocenters. The molecule has 0 aliphatic rings. The summed E-state index contributed by atoms with van der Waals surface area (Å²) in [7, 11) is 1.71. The molecule has 0 radical (unpaired) electrons. The number of ether oxygens (including phenoxy) is 1. The third-order valence-corrected chi connectivity index (χ3v) is 2.52. The van der Waals surface area contributed by atoms with Crippen LogP contribution in [0, 0.1) is 0 Å². The van der Waals surface area contributed by atoms with Crippen molar-refractivity contribution < 1.29 is 9.15 Å². The molecule has 17 heavy (non-hydrogen) atoms. The van der Waals surface area contributed by atoms with Crippen molar-refractivity contribution in [3.05, 3.63) is 17.8 Å². The number of aromatic nitrogens is 1. The van der Waals surface area contributed by atoms with Crippen molar-refractivity contribution in [2.24, 2.45) is 0 Å². The van der Waals surface area contributed by atoms with Gasteiger partial charge in [-0.3, -0.25) is 0 Å². The van der Waals surface area contributed by atoms with Crippen LogP contribution in [-0.4, -0.2) is 31.8 Å². The molecule has 1 N–H and O–H groups in total. The molecule has 0 aromatic carbocycles. The van der Waals surface area contributed by atoms with Crippen molar-refractivity contribution in [1.82, 2.24) is 10.3 Å². The van der Waals surface area contributed by atoms with Crippen LogP contribution in [0.4, 0.5) is 0 Å². The first-order valence-corrected chi connectivity index (χ1v) is 6.19. The summed E-state index contributed by atoms with van der Waals surface area (Å²) in [6.45, 7) is 9.01. The average Bonchev–Trinajstić information content (AvgIpc) is 2.71. The van der Waals surface area contributed by atoms with Crippen molar-refractivity contribution in [3.63, 3.8) is 0 Å². The molecule has 1 heterocycles. The van der Waals surface area contributed by atoms with Gasteiger partial charge in [-0.25, -0.2) is 4.98 Å². The number of hydrogen-bond acceptors (Lipinski definition) is 4. The lowest BCUT2D eigenvalue weighted by molar-refractivity contribution is 0.199. The Kier molecular flexibility index (Phi) is 5.65. The molecule has 0 aliphatic heterocycles. The van der Waals surface area contributed by atoms with E-state index in [9.17, 15) is 0 Å². The molecule has 0 saturated carbocycles. The van der Waals surface area contributed by atoms with Crippen LogP contribution in [0.5, 0.6) is 0 Å². The summed E-state index contributed by atoms with van der Waals surface area (Å²) in [5, 5.41) is 3.30. The first-order valence-electron chi connectivity index (χ1n) is 6.19. The smallest absolute Gasteiger partial charge is 0.194 e. The van der Waals surface area contributed by atoms with Crippen molar-refractivity contribution in [2.75, 3.05) is 26.8 Å². The van der Waals surface area contributed by atoms with E-state index in [2.05, 4.69) is 31.1 Å². The topological polar surface area (TPSA) is 47.3 Å². The minimum atomic E-state index is 0.0436. The van der Waals surface area contributed by atoms with E-state index in [0.29, 0.717) is 0 Å². The number of methoxy groups -OCH3 is 1. The zero-order valence-corrected chi connectivity index (χ0v) is 11.4. The van der Waals surface area contributed by atoms with E-state index in [0.717, 1.165) is 44.2 Å². The van der Waals surface area contributed by atoms with Crippen molar-refractivity contribution in [1.29, 1.82) is 0 Å². The Balaban J connectivity index is 2.21. The van der Waals surface area contributed by atoms with Crippen LogP contribution in [0.1, 0.15) is 38.8 Å². The number of nitrogens with zero attached hydrogens (tertiary/aromatic N) is 1. The maximum Gasteiger partial charge on any atom is 0.194 e. The van der Waals surface area contributed by atoms with Crippen LogP contribution in [-0.2, 0) is 16.6 Å². The highest BCUT2D eigenvalue weighted by molar-refractivity contribution is 5.05. The Hall–Kier alpha value is -0.870. The number of aryl methyl sites for hydroxylation is 1. The van der Waals surface area contributed by atoms with Gasteiger partial charge in [0, 0.05) is 25.5 Å². The first-order chi connectivity index (χ1) is 8.04. The lowest BCUT2D eigenvalue weighted by atomic mass is 9.94. The Morgan fingerprint density at radius 2 is 2.12 bits per heavy atom. The summed E-state index contributed by atoms with van der Waals surface area (Å²) in [6.07, 6.45) is 3.76. The van der Waals surface area contributed by atoms with Gasteiger partial charge in [0.05, 0.1) is 12.8 Å². The van der Waals surface area contributed by atoms with Gasteiger partial charge in [-0.2, -0.15) is 0 Å². The molecule has 1 aromatic rings. The molecule has 0 fully saturated rings. The van der Waals surface area contributed by atoms with Crippen molar-refractivity contribution in [3.8, 4) is 0 Å². The number of hydrogen-bond donors (Lipinski definition) is 1. The summed E-state index contributed by atoms with van der Waals surface area (Å²) in [5.74, 6) is 1.79.